The number of nitrogens with zero attached hydrogens (tertiary/aromatic N) is 3. The van der Waals surface area contributed by atoms with Crippen LogP contribution in [0.3, 0.4) is 0 Å². The van der Waals surface area contributed by atoms with Crippen LogP contribution in [-0.2, 0) is 10.9 Å². The Morgan fingerprint density at radius 1 is 1.27 bits per heavy atom. The third kappa shape index (κ3) is 3.91. The van der Waals surface area contributed by atoms with Gasteiger partial charge in [-0.3, -0.25) is 9.36 Å². The minimum atomic E-state index is -4.57. The summed E-state index contributed by atoms with van der Waals surface area (Å²) in [5.41, 5.74) is -1.31. The summed E-state index contributed by atoms with van der Waals surface area (Å²) in [4.78, 5) is 29.5. The summed E-state index contributed by atoms with van der Waals surface area (Å²) in [6, 6.07) is 2.30. The summed E-state index contributed by atoms with van der Waals surface area (Å²) >= 11 is 0. The van der Waals surface area contributed by atoms with Crippen molar-refractivity contribution in [3.8, 4) is 0 Å². The fourth-order valence-electron chi connectivity index (χ4n) is 1.47. The molecular weight excluding hydrogens is 328 g/mol. The van der Waals surface area contributed by atoms with Crippen molar-refractivity contribution in [2.75, 3.05) is 5.32 Å². The van der Waals surface area contributed by atoms with Gasteiger partial charge in [-0.1, -0.05) is 0 Å². The first kappa shape index (κ1) is 16.1. The highest BCUT2D eigenvalue weighted by molar-refractivity contribution is 7.50. The molecule has 118 valence electrons. The van der Waals surface area contributed by atoms with Crippen LogP contribution >= 0.6 is 7.60 Å². The van der Waals surface area contributed by atoms with Crippen molar-refractivity contribution >= 4 is 19.2 Å². The van der Waals surface area contributed by atoms with Crippen molar-refractivity contribution in [2.45, 2.75) is 6.29 Å². The van der Waals surface area contributed by atoms with Gasteiger partial charge in [0, 0.05) is 6.07 Å². The van der Waals surface area contributed by atoms with Gasteiger partial charge < -0.3 is 15.1 Å². The fourth-order valence-corrected chi connectivity index (χ4v) is 1.92. The predicted octanol–water partition coefficient (Wildman–Crippen LogP) is 1.08. The number of aromatic nitrogens is 3. The lowest BCUT2D eigenvalue weighted by atomic mass is 10.3. The van der Waals surface area contributed by atoms with E-state index < -0.39 is 48.8 Å². The van der Waals surface area contributed by atoms with Crippen LogP contribution in [0.4, 0.5) is 18.9 Å². The van der Waals surface area contributed by atoms with Gasteiger partial charge >= 0.3 is 7.60 Å². The molecule has 1 heterocycles. The minimum Gasteiger partial charge on any atom is -0.323 e. The molecule has 0 aliphatic carbocycles. The molecule has 2 aromatic rings. The van der Waals surface area contributed by atoms with Gasteiger partial charge in [0.1, 0.15) is 11.6 Å². The van der Waals surface area contributed by atoms with Gasteiger partial charge in [-0.2, -0.15) is 9.19 Å². The second kappa shape index (κ2) is 5.87. The van der Waals surface area contributed by atoms with E-state index in [1.54, 1.807) is 0 Å². The van der Waals surface area contributed by atoms with Gasteiger partial charge in [-0.05, 0) is 12.1 Å². The maximum absolute atomic E-state index is 13.4. The third-order valence-electron chi connectivity index (χ3n) is 2.32. The van der Waals surface area contributed by atoms with Gasteiger partial charge in [0.25, 0.3) is 11.9 Å². The molecule has 0 atom stereocenters. The molecule has 0 fully saturated rings. The summed E-state index contributed by atoms with van der Waals surface area (Å²) < 4.78 is 50.3. The Morgan fingerprint density at radius 2 is 1.95 bits per heavy atom. The molecular formula is C10H8F3N4O4P. The Labute approximate surface area is 120 Å². The first-order valence-corrected chi connectivity index (χ1v) is 7.37. The molecule has 0 saturated heterocycles. The zero-order chi connectivity index (χ0) is 16.5. The number of benzene rings is 1. The summed E-state index contributed by atoms with van der Waals surface area (Å²) in [5, 5.41) is 8.24. The molecule has 1 aromatic carbocycles. The molecule has 0 unspecified atom stereocenters. The SMILES string of the molecule is O=C(Nc1ccc(F)cc1F)c1nn(CP(=O)(O)O)nc1F. The first-order valence-electron chi connectivity index (χ1n) is 5.57. The number of anilines is 1. The fraction of sp³-hybridized carbons (Fsp3) is 0.100. The van der Waals surface area contributed by atoms with E-state index in [9.17, 15) is 22.5 Å². The van der Waals surface area contributed by atoms with E-state index in [1.165, 1.54) is 0 Å². The molecule has 0 radical (unpaired) electrons. The van der Waals surface area contributed by atoms with Crippen LogP contribution in [0, 0.1) is 17.6 Å². The van der Waals surface area contributed by atoms with E-state index in [1.807, 2.05) is 5.32 Å². The zero-order valence-corrected chi connectivity index (χ0v) is 11.5. The Morgan fingerprint density at radius 3 is 2.55 bits per heavy atom. The number of carbonyl (C=O) groups excluding carboxylic acids is 1. The van der Waals surface area contributed by atoms with Gasteiger partial charge in [-0.25, -0.2) is 8.78 Å². The summed E-state index contributed by atoms with van der Waals surface area (Å²) in [6.07, 6.45) is -1.03. The van der Waals surface area contributed by atoms with E-state index in [4.69, 9.17) is 9.79 Å². The molecule has 12 heteroatoms. The number of amides is 1. The molecule has 2 rings (SSSR count). The van der Waals surface area contributed by atoms with Crippen LogP contribution in [0.1, 0.15) is 10.5 Å². The number of hydrogen-bond acceptors (Lipinski definition) is 4. The van der Waals surface area contributed by atoms with Gasteiger partial charge in [0.15, 0.2) is 6.29 Å². The Hall–Kier alpha value is -2.23. The molecule has 1 aromatic heterocycles. The topological polar surface area (TPSA) is 117 Å². The van der Waals surface area contributed by atoms with Crippen LogP contribution < -0.4 is 5.32 Å². The van der Waals surface area contributed by atoms with Crippen LogP contribution in [0.15, 0.2) is 18.2 Å². The van der Waals surface area contributed by atoms with Crippen molar-refractivity contribution in [3.63, 3.8) is 0 Å². The van der Waals surface area contributed by atoms with Crippen LogP contribution in [0.25, 0.3) is 0 Å². The summed E-state index contributed by atoms with van der Waals surface area (Å²) in [6.45, 7) is 0. The molecule has 8 nitrogen and oxygen atoms in total. The average molecular weight is 336 g/mol. The van der Waals surface area contributed by atoms with E-state index in [-0.39, 0.29) is 0 Å². The lowest BCUT2D eigenvalue weighted by Gasteiger charge is -2.04. The Balaban J connectivity index is 2.21. The molecule has 0 spiro atoms. The monoisotopic (exact) mass is 336 g/mol. The number of halogens is 3. The van der Waals surface area contributed by atoms with E-state index in [0.29, 0.717) is 10.9 Å². The predicted molar refractivity (Wildman–Crippen MR) is 66.3 cm³/mol. The second-order valence-electron chi connectivity index (χ2n) is 4.10. The molecule has 0 bridgehead atoms. The minimum absolute atomic E-state index is 0.312. The van der Waals surface area contributed by atoms with E-state index >= 15 is 0 Å². The molecule has 0 aliphatic rings. The highest BCUT2D eigenvalue weighted by Crippen LogP contribution is 2.35. The first-order chi connectivity index (χ1) is 10.2. The van der Waals surface area contributed by atoms with Crippen LogP contribution in [-0.4, -0.2) is 30.7 Å². The van der Waals surface area contributed by atoms with Gasteiger partial charge in [0.2, 0.25) is 5.69 Å². The Bertz CT molecular complexity index is 776. The average Bonchev–Trinajstić information content (AvgIpc) is 2.71. The number of hydrogen-bond donors (Lipinski definition) is 3. The van der Waals surface area contributed by atoms with Crippen molar-refractivity contribution in [2.24, 2.45) is 0 Å². The molecule has 1 amide bonds. The largest absolute Gasteiger partial charge is 0.348 e. The zero-order valence-electron chi connectivity index (χ0n) is 10.6. The van der Waals surface area contributed by atoms with Gasteiger partial charge in [0.05, 0.1) is 5.69 Å². The highest BCUT2D eigenvalue weighted by atomic mass is 31.2. The molecule has 0 saturated carbocycles. The highest BCUT2D eigenvalue weighted by Gasteiger charge is 2.23. The second-order valence-corrected chi connectivity index (χ2v) is 5.71. The standard InChI is InChI=1S/C10H8F3N4O4P/c11-5-1-2-7(6(12)3-5)14-10(18)8-9(13)16-17(15-8)4-22(19,20)21/h1-3H,4H2,(H,14,18)(H2,19,20,21). The smallest absolute Gasteiger partial charge is 0.323 e. The number of carbonyl (C=O) groups is 1. The van der Waals surface area contributed by atoms with E-state index in [2.05, 4.69) is 10.2 Å². The summed E-state index contributed by atoms with van der Waals surface area (Å²) in [5.74, 6) is -4.56. The third-order valence-corrected chi connectivity index (χ3v) is 2.94. The van der Waals surface area contributed by atoms with Gasteiger partial charge in [-0.15, -0.1) is 10.2 Å². The van der Waals surface area contributed by atoms with Crippen molar-refractivity contribution in [1.82, 2.24) is 15.0 Å². The Kier molecular flexibility index (Phi) is 4.31. The maximum atomic E-state index is 13.4. The molecule has 22 heavy (non-hydrogen) atoms. The van der Waals surface area contributed by atoms with Crippen molar-refractivity contribution < 1.29 is 32.3 Å². The van der Waals surface area contributed by atoms with Crippen molar-refractivity contribution in [3.05, 3.63) is 41.5 Å². The summed E-state index contributed by atoms with van der Waals surface area (Å²) in [7, 11) is -4.57. The molecule has 3 N–H and O–H groups in total. The van der Waals surface area contributed by atoms with Crippen molar-refractivity contribution in [1.29, 1.82) is 0 Å². The molecule has 0 aliphatic heterocycles. The van der Waals surface area contributed by atoms with Crippen LogP contribution in [0.5, 0.6) is 0 Å². The lowest BCUT2D eigenvalue weighted by Crippen LogP contribution is -2.15. The normalized spacial score (nSPS) is 11.5. The number of nitrogens with one attached hydrogen (secondary N) is 1. The number of rotatable bonds is 4. The van der Waals surface area contributed by atoms with Crippen LogP contribution in [0.2, 0.25) is 0 Å². The maximum Gasteiger partial charge on any atom is 0.348 e. The lowest BCUT2D eigenvalue weighted by molar-refractivity contribution is 0.101. The quantitative estimate of drug-likeness (QED) is 0.719. The van der Waals surface area contributed by atoms with E-state index in [0.717, 1.165) is 12.1 Å².